The third kappa shape index (κ3) is 4.00. The molecule has 4 nitrogen and oxygen atoms in total. The first-order valence-corrected chi connectivity index (χ1v) is 7.77. The summed E-state index contributed by atoms with van der Waals surface area (Å²) in [4.78, 5) is 26.1. The Morgan fingerprint density at radius 1 is 1.20 bits per heavy atom. The third-order valence-corrected chi connectivity index (χ3v) is 4.35. The predicted molar refractivity (Wildman–Crippen MR) is 81.9 cm³/mol. The molecule has 1 aromatic rings. The maximum absolute atomic E-state index is 12.2. The molecule has 1 fully saturated rings. The molecule has 0 spiro atoms. The van der Waals surface area contributed by atoms with Gasteiger partial charge in [-0.05, 0) is 44.0 Å². The van der Waals surface area contributed by atoms with Crippen LogP contribution in [0.5, 0.6) is 0 Å². The summed E-state index contributed by atoms with van der Waals surface area (Å²) in [5.74, 6) is 0.140. The van der Waals surface area contributed by atoms with E-state index < -0.39 is 0 Å². The maximum Gasteiger partial charge on any atom is 0.235 e. The van der Waals surface area contributed by atoms with Crippen molar-refractivity contribution < 1.29 is 9.59 Å². The molecular weight excluding hydrogens is 272 g/mol. The second kappa shape index (κ2) is 6.79. The van der Waals surface area contributed by atoms with Crippen molar-refractivity contribution >= 4 is 29.3 Å². The summed E-state index contributed by atoms with van der Waals surface area (Å²) in [6.07, 6.45) is 2.24. The lowest BCUT2D eigenvalue weighted by Crippen LogP contribution is -2.33. The standard InChI is InChI=1S/C15H20N2O2S/c1-11(15(19)17-9-3-4-10-17)20-14-7-5-13(6-8-14)16-12(2)18/h5-8,11H,3-4,9-10H2,1-2H3,(H,16,18)/t11-/m0/s1. The first-order valence-electron chi connectivity index (χ1n) is 6.89. The number of nitrogens with zero attached hydrogens (tertiary/aromatic N) is 1. The highest BCUT2D eigenvalue weighted by molar-refractivity contribution is 8.00. The van der Waals surface area contributed by atoms with E-state index in [1.54, 1.807) is 11.8 Å². The Morgan fingerprint density at radius 2 is 1.80 bits per heavy atom. The summed E-state index contributed by atoms with van der Waals surface area (Å²) in [7, 11) is 0. The molecule has 1 N–H and O–H groups in total. The Hall–Kier alpha value is -1.49. The van der Waals surface area contributed by atoms with Crippen LogP contribution in [0.25, 0.3) is 0 Å². The van der Waals surface area contributed by atoms with E-state index in [1.807, 2.05) is 36.1 Å². The largest absolute Gasteiger partial charge is 0.342 e. The van der Waals surface area contributed by atoms with Gasteiger partial charge in [0.2, 0.25) is 11.8 Å². The van der Waals surface area contributed by atoms with E-state index in [9.17, 15) is 9.59 Å². The molecule has 1 aliphatic rings. The molecule has 2 rings (SSSR count). The minimum atomic E-state index is -0.0806. The van der Waals surface area contributed by atoms with Crippen LogP contribution in [0.1, 0.15) is 26.7 Å². The summed E-state index contributed by atoms with van der Waals surface area (Å²) in [6.45, 7) is 5.23. The number of carbonyl (C=O) groups is 2. The zero-order valence-electron chi connectivity index (χ0n) is 11.9. The highest BCUT2D eigenvalue weighted by Crippen LogP contribution is 2.26. The average Bonchev–Trinajstić information content (AvgIpc) is 2.93. The molecule has 0 aromatic heterocycles. The quantitative estimate of drug-likeness (QED) is 0.868. The van der Waals surface area contributed by atoms with E-state index in [0.717, 1.165) is 36.5 Å². The van der Waals surface area contributed by atoms with Gasteiger partial charge in [-0.1, -0.05) is 0 Å². The van der Waals surface area contributed by atoms with E-state index in [2.05, 4.69) is 5.32 Å². The normalized spacial score (nSPS) is 16.0. The van der Waals surface area contributed by atoms with Gasteiger partial charge in [0.15, 0.2) is 0 Å². The van der Waals surface area contributed by atoms with Gasteiger partial charge in [-0.25, -0.2) is 0 Å². The Morgan fingerprint density at radius 3 is 2.35 bits per heavy atom. The SMILES string of the molecule is CC(=O)Nc1ccc(S[C@@H](C)C(=O)N2CCCC2)cc1. The highest BCUT2D eigenvalue weighted by Gasteiger charge is 2.23. The number of thioether (sulfide) groups is 1. The second-order valence-electron chi connectivity index (χ2n) is 5.00. The first kappa shape index (κ1) is 14.9. The number of anilines is 1. The van der Waals surface area contributed by atoms with Crippen LogP contribution in [-0.2, 0) is 9.59 Å². The smallest absolute Gasteiger partial charge is 0.235 e. The molecule has 20 heavy (non-hydrogen) atoms. The third-order valence-electron chi connectivity index (χ3n) is 3.25. The van der Waals surface area contributed by atoms with E-state index >= 15 is 0 Å². The molecule has 0 unspecified atom stereocenters. The number of amides is 2. The molecule has 0 bridgehead atoms. The molecule has 0 radical (unpaired) electrons. The van der Waals surface area contributed by atoms with Gasteiger partial charge in [0.1, 0.15) is 0 Å². The fourth-order valence-corrected chi connectivity index (χ4v) is 3.22. The summed E-state index contributed by atoms with van der Waals surface area (Å²) in [5, 5.41) is 2.66. The molecule has 1 aromatic carbocycles. The van der Waals surface area contributed by atoms with Crippen molar-refractivity contribution in [3.05, 3.63) is 24.3 Å². The van der Waals surface area contributed by atoms with Crippen molar-refractivity contribution in [1.82, 2.24) is 4.90 Å². The number of nitrogens with one attached hydrogen (secondary N) is 1. The Balaban J connectivity index is 1.91. The number of benzene rings is 1. The van der Waals surface area contributed by atoms with Crippen LogP contribution in [-0.4, -0.2) is 35.1 Å². The van der Waals surface area contributed by atoms with Gasteiger partial charge in [0.05, 0.1) is 5.25 Å². The second-order valence-corrected chi connectivity index (χ2v) is 6.41. The monoisotopic (exact) mass is 292 g/mol. The fourth-order valence-electron chi connectivity index (χ4n) is 2.27. The van der Waals surface area contributed by atoms with Crippen LogP contribution in [0.15, 0.2) is 29.2 Å². The van der Waals surface area contributed by atoms with Crippen LogP contribution < -0.4 is 5.32 Å². The van der Waals surface area contributed by atoms with Crippen LogP contribution in [0.4, 0.5) is 5.69 Å². The van der Waals surface area contributed by atoms with Gasteiger partial charge in [0, 0.05) is 30.6 Å². The topological polar surface area (TPSA) is 49.4 Å². The lowest BCUT2D eigenvalue weighted by Gasteiger charge is -2.20. The molecule has 108 valence electrons. The van der Waals surface area contributed by atoms with Crippen LogP contribution >= 0.6 is 11.8 Å². The van der Waals surface area contributed by atoms with Crippen LogP contribution in [0, 0.1) is 0 Å². The molecule has 1 atom stereocenters. The minimum Gasteiger partial charge on any atom is -0.342 e. The zero-order chi connectivity index (χ0) is 14.5. The van der Waals surface area contributed by atoms with Crippen molar-refractivity contribution in [3.8, 4) is 0 Å². The number of hydrogen-bond donors (Lipinski definition) is 1. The lowest BCUT2D eigenvalue weighted by molar-refractivity contribution is -0.129. The van der Waals surface area contributed by atoms with Crippen molar-refractivity contribution in [3.63, 3.8) is 0 Å². The Bertz CT molecular complexity index is 481. The Kier molecular flexibility index (Phi) is 5.06. The summed E-state index contributed by atoms with van der Waals surface area (Å²) < 4.78 is 0. The first-order chi connectivity index (χ1) is 9.56. The number of rotatable bonds is 4. The van der Waals surface area contributed by atoms with Crippen molar-refractivity contribution in [1.29, 1.82) is 0 Å². The van der Waals surface area contributed by atoms with Gasteiger partial charge < -0.3 is 10.2 Å². The summed E-state index contributed by atoms with van der Waals surface area (Å²) in [6, 6.07) is 7.58. The lowest BCUT2D eigenvalue weighted by atomic mass is 10.3. The fraction of sp³-hybridized carbons (Fsp3) is 0.467. The maximum atomic E-state index is 12.2. The van der Waals surface area contributed by atoms with E-state index in [4.69, 9.17) is 0 Å². The molecule has 1 aliphatic heterocycles. The molecule has 5 heteroatoms. The number of hydrogen-bond acceptors (Lipinski definition) is 3. The van der Waals surface area contributed by atoms with Gasteiger partial charge in [-0.15, -0.1) is 11.8 Å². The molecular formula is C15H20N2O2S. The van der Waals surface area contributed by atoms with Crippen LogP contribution in [0.3, 0.4) is 0 Å². The zero-order valence-corrected chi connectivity index (χ0v) is 12.7. The van der Waals surface area contributed by atoms with Gasteiger partial charge in [0.25, 0.3) is 0 Å². The predicted octanol–water partition coefficient (Wildman–Crippen LogP) is 2.75. The number of carbonyl (C=O) groups excluding carboxylic acids is 2. The van der Waals surface area contributed by atoms with Crippen LogP contribution in [0.2, 0.25) is 0 Å². The van der Waals surface area contributed by atoms with Gasteiger partial charge in [-0.2, -0.15) is 0 Å². The highest BCUT2D eigenvalue weighted by atomic mass is 32.2. The number of likely N-dealkylation sites (tertiary alicyclic amines) is 1. The molecule has 2 amide bonds. The van der Waals surface area contributed by atoms with Gasteiger partial charge >= 0.3 is 0 Å². The Labute approximate surface area is 123 Å². The van der Waals surface area contributed by atoms with E-state index in [0.29, 0.717) is 0 Å². The average molecular weight is 292 g/mol. The van der Waals surface area contributed by atoms with Crippen molar-refractivity contribution in [2.75, 3.05) is 18.4 Å². The molecule has 1 heterocycles. The minimum absolute atomic E-state index is 0.0697. The summed E-state index contributed by atoms with van der Waals surface area (Å²) >= 11 is 1.56. The van der Waals surface area contributed by atoms with E-state index in [1.165, 1.54) is 6.92 Å². The van der Waals surface area contributed by atoms with Gasteiger partial charge in [-0.3, -0.25) is 9.59 Å². The molecule has 0 saturated carbocycles. The van der Waals surface area contributed by atoms with Crippen molar-refractivity contribution in [2.45, 2.75) is 36.8 Å². The van der Waals surface area contributed by atoms with Crippen molar-refractivity contribution in [2.24, 2.45) is 0 Å². The van der Waals surface area contributed by atoms with E-state index in [-0.39, 0.29) is 17.1 Å². The molecule has 1 saturated heterocycles. The summed E-state index contributed by atoms with van der Waals surface area (Å²) in [5.41, 5.74) is 0.778. The molecule has 0 aliphatic carbocycles.